The Balaban J connectivity index is 2.58. The molecule has 1 rings (SSSR count). The fourth-order valence-electron chi connectivity index (χ4n) is 1.13. The fraction of sp³-hybridized carbons (Fsp3) is 0.625. The van der Waals surface area contributed by atoms with Crippen molar-refractivity contribution in [2.45, 2.75) is 13.3 Å². The van der Waals surface area contributed by atoms with Crippen molar-refractivity contribution in [3.05, 3.63) is 20.8 Å². The highest BCUT2D eigenvalue weighted by Crippen LogP contribution is 2.00. The maximum absolute atomic E-state index is 11.2. The summed E-state index contributed by atoms with van der Waals surface area (Å²) >= 11 is 0. The number of hydrogen-bond donors (Lipinski definition) is 4. The molecule has 15 heavy (non-hydrogen) atoms. The summed E-state index contributed by atoms with van der Waals surface area (Å²) in [6.45, 7) is 3.22. The summed E-state index contributed by atoms with van der Waals surface area (Å²) in [6.07, 6.45) is 0.869. The maximum Gasteiger partial charge on any atom is 0.342 e. The van der Waals surface area contributed by atoms with Crippen LogP contribution in [0.5, 0.6) is 0 Å². The molecular formula is C8H15N5O2. The highest BCUT2D eigenvalue weighted by atomic mass is 16.2. The highest BCUT2D eigenvalue weighted by Gasteiger charge is 2.04. The third-order valence-corrected chi connectivity index (χ3v) is 1.99. The van der Waals surface area contributed by atoms with Crippen LogP contribution in [-0.4, -0.2) is 28.3 Å². The summed E-state index contributed by atoms with van der Waals surface area (Å²) in [5.74, 6) is 0.474. The van der Waals surface area contributed by atoms with Gasteiger partial charge in [-0.3, -0.25) is 9.78 Å². The predicted molar refractivity (Wildman–Crippen MR) is 56.8 cm³/mol. The van der Waals surface area contributed by atoms with E-state index >= 15 is 0 Å². The molecule has 0 amide bonds. The Morgan fingerprint density at radius 2 is 2.27 bits per heavy atom. The van der Waals surface area contributed by atoms with E-state index in [9.17, 15) is 9.59 Å². The normalized spacial score (nSPS) is 12.4. The first-order valence-electron chi connectivity index (χ1n) is 4.76. The molecule has 0 aliphatic carbocycles. The lowest BCUT2D eigenvalue weighted by atomic mass is 10.1. The van der Waals surface area contributed by atoms with Gasteiger partial charge < -0.3 is 11.1 Å². The molecule has 0 spiro atoms. The fourth-order valence-corrected chi connectivity index (χ4v) is 1.13. The summed E-state index contributed by atoms with van der Waals surface area (Å²) in [4.78, 5) is 23.9. The Morgan fingerprint density at radius 3 is 2.87 bits per heavy atom. The molecule has 0 saturated heterocycles. The molecule has 84 valence electrons. The number of H-pyrrole nitrogens is 2. The van der Waals surface area contributed by atoms with Crippen molar-refractivity contribution < 1.29 is 0 Å². The van der Waals surface area contributed by atoms with Crippen LogP contribution >= 0.6 is 0 Å². The molecule has 5 N–H and O–H groups in total. The van der Waals surface area contributed by atoms with Gasteiger partial charge in [-0.25, -0.2) is 9.89 Å². The van der Waals surface area contributed by atoms with Crippen molar-refractivity contribution in [2.75, 3.05) is 18.4 Å². The van der Waals surface area contributed by atoms with Gasteiger partial charge in [-0.05, 0) is 18.9 Å². The van der Waals surface area contributed by atoms with Gasteiger partial charge in [0.2, 0.25) is 5.82 Å². The smallest absolute Gasteiger partial charge is 0.342 e. The second-order valence-electron chi connectivity index (χ2n) is 3.42. The Labute approximate surface area is 86.1 Å². The SMILES string of the molecule is CC(CCN)CNc1n[nH]c(=O)[nH]c1=O. The van der Waals surface area contributed by atoms with Gasteiger partial charge in [0.15, 0.2) is 0 Å². The lowest BCUT2D eigenvalue weighted by molar-refractivity contribution is 0.566. The predicted octanol–water partition coefficient (Wildman–Crippen LogP) is -1.14. The molecule has 0 bridgehead atoms. The summed E-state index contributed by atoms with van der Waals surface area (Å²) in [5, 5.41) is 8.58. The van der Waals surface area contributed by atoms with Crippen LogP contribution in [0.15, 0.2) is 9.59 Å². The van der Waals surface area contributed by atoms with E-state index in [1.54, 1.807) is 0 Å². The molecule has 1 aromatic rings. The lowest BCUT2D eigenvalue weighted by Crippen LogP contribution is -2.28. The van der Waals surface area contributed by atoms with Crippen LogP contribution in [0.3, 0.4) is 0 Å². The minimum absolute atomic E-state index is 0.124. The van der Waals surface area contributed by atoms with Gasteiger partial charge in [0.1, 0.15) is 0 Å². The van der Waals surface area contributed by atoms with Gasteiger partial charge in [0, 0.05) is 6.54 Å². The zero-order valence-electron chi connectivity index (χ0n) is 8.54. The molecule has 0 aliphatic rings. The molecule has 0 saturated carbocycles. The van der Waals surface area contributed by atoms with E-state index in [0.717, 1.165) is 6.42 Å². The molecule has 1 atom stereocenters. The van der Waals surface area contributed by atoms with Gasteiger partial charge in [0.05, 0.1) is 0 Å². The molecule has 0 fully saturated rings. The molecule has 7 heteroatoms. The van der Waals surface area contributed by atoms with Crippen molar-refractivity contribution in [3.8, 4) is 0 Å². The summed E-state index contributed by atoms with van der Waals surface area (Å²) in [6, 6.07) is 0. The van der Waals surface area contributed by atoms with Crippen LogP contribution in [-0.2, 0) is 0 Å². The van der Waals surface area contributed by atoms with Crippen LogP contribution in [0.4, 0.5) is 5.82 Å². The van der Waals surface area contributed by atoms with Gasteiger partial charge >= 0.3 is 5.69 Å². The average Bonchev–Trinajstić information content (AvgIpc) is 2.17. The van der Waals surface area contributed by atoms with Gasteiger partial charge in [0.25, 0.3) is 5.56 Å². The second-order valence-corrected chi connectivity index (χ2v) is 3.42. The molecular weight excluding hydrogens is 198 g/mol. The zero-order valence-corrected chi connectivity index (χ0v) is 8.54. The first kappa shape index (κ1) is 11.4. The van der Waals surface area contributed by atoms with Crippen LogP contribution in [0.1, 0.15) is 13.3 Å². The average molecular weight is 213 g/mol. The lowest BCUT2D eigenvalue weighted by Gasteiger charge is -2.10. The third kappa shape index (κ3) is 3.55. The van der Waals surface area contributed by atoms with Gasteiger partial charge in [-0.1, -0.05) is 6.92 Å². The third-order valence-electron chi connectivity index (χ3n) is 1.99. The Bertz CT molecular complexity index is 410. The number of aromatic nitrogens is 3. The monoisotopic (exact) mass is 213 g/mol. The number of hydrogen-bond acceptors (Lipinski definition) is 5. The Kier molecular flexibility index (Phi) is 4.04. The first-order valence-corrected chi connectivity index (χ1v) is 4.76. The van der Waals surface area contributed by atoms with Crippen LogP contribution in [0.2, 0.25) is 0 Å². The van der Waals surface area contributed by atoms with E-state index in [1.807, 2.05) is 6.92 Å². The standard InChI is InChI=1S/C8H15N5O2/c1-5(2-3-9)4-10-6-7(14)11-8(15)13-12-6/h5H,2-4,9H2,1H3,(H,10,12)(H2,11,13,14,15). The molecule has 0 aliphatic heterocycles. The van der Waals surface area contributed by atoms with Crippen molar-refractivity contribution in [2.24, 2.45) is 11.7 Å². The number of nitrogens with zero attached hydrogens (tertiary/aromatic N) is 1. The van der Waals surface area contributed by atoms with Crippen LogP contribution in [0.25, 0.3) is 0 Å². The van der Waals surface area contributed by atoms with E-state index in [2.05, 4.69) is 20.5 Å². The quantitative estimate of drug-likeness (QED) is 0.493. The molecule has 1 aromatic heterocycles. The number of rotatable bonds is 5. The second kappa shape index (κ2) is 5.30. The van der Waals surface area contributed by atoms with E-state index in [4.69, 9.17) is 5.73 Å². The molecule has 0 radical (unpaired) electrons. The minimum atomic E-state index is -0.611. The molecule has 1 unspecified atom stereocenters. The van der Waals surface area contributed by atoms with E-state index in [0.29, 0.717) is 19.0 Å². The number of anilines is 1. The Morgan fingerprint density at radius 1 is 1.53 bits per heavy atom. The highest BCUT2D eigenvalue weighted by molar-refractivity contribution is 5.28. The molecule has 7 nitrogen and oxygen atoms in total. The van der Waals surface area contributed by atoms with Crippen LogP contribution < -0.4 is 22.3 Å². The number of aromatic amines is 2. The van der Waals surface area contributed by atoms with E-state index in [-0.39, 0.29) is 5.82 Å². The number of nitrogens with two attached hydrogens (primary N) is 1. The Hall–Kier alpha value is -1.63. The molecule has 0 aromatic carbocycles. The summed E-state index contributed by atoms with van der Waals surface area (Å²) in [5.41, 5.74) is 4.26. The van der Waals surface area contributed by atoms with Crippen molar-refractivity contribution >= 4 is 5.82 Å². The summed E-state index contributed by atoms with van der Waals surface area (Å²) < 4.78 is 0. The first-order chi connectivity index (χ1) is 7.13. The maximum atomic E-state index is 11.2. The van der Waals surface area contributed by atoms with E-state index in [1.165, 1.54) is 0 Å². The van der Waals surface area contributed by atoms with Gasteiger partial charge in [-0.2, -0.15) is 0 Å². The van der Waals surface area contributed by atoms with E-state index < -0.39 is 11.2 Å². The topological polar surface area (TPSA) is 117 Å². The van der Waals surface area contributed by atoms with Crippen molar-refractivity contribution in [3.63, 3.8) is 0 Å². The molecule has 1 heterocycles. The zero-order chi connectivity index (χ0) is 11.3. The minimum Gasteiger partial charge on any atom is -0.364 e. The van der Waals surface area contributed by atoms with Crippen molar-refractivity contribution in [1.29, 1.82) is 0 Å². The van der Waals surface area contributed by atoms with Gasteiger partial charge in [-0.15, -0.1) is 5.10 Å². The largest absolute Gasteiger partial charge is 0.364 e. The van der Waals surface area contributed by atoms with Crippen molar-refractivity contribution in [1.82, 2.24) is 15.2 Å². The number of nitrogens with one attached hydrogen (secondary N) is 3. The van der Waals surface area contributed by atoms with Crippen LogP contribution in [0, 0.1) is 5.92 Å². The summed E-state index contributed by atoms with van der Waals surface area (Å²) in [7, 11) is 0.